The molecule has 2 unspecified atom stereocenters. The van der Waals surface area contributed by atoms with Crippen molar-refractivity contribution < 1.29 is 37.6 Å². The zero-order chi connectivity index (χ0) is 37.5. The highest BCUT2D eigenvalue weighted by atomic mass is 31.2. The molecule has 0 fully saturated rings. The van der Waals surface area contributed by atoms with Crippen LogP contribution in [0.3, 0.4) is 0 Å². The van der Waals surface area contributed by atoms with Crippen LogP contribution >= 0.6 is 7.82 Å². The average molecular weight is 739 g/mol. The summed E-state index contributed by atoms with van der Waals surface area (Å²) >= 11 is 0. The van der Waals surface area contributed by atoms with Gasteiger partial charge >= 0.3 is 19.8 Å². The summed E-state index contributed by atoms with van der Waals surface area (Å²) in [7, 11) is -3.21. The number of phosphoric acid groups is 1. The van der Waals surface area contributed by atoms with Crippen molar-refractivity contribution in [1.82, 2.24) is 0 Å². The maximum absolute atomic E-state index is 12.5. The van der Waals surface area contributed by atoms with E-state index in [2.05, 4.69) is 67.0 Å². The Morgan fingerprint density at radius 2 is 0.941 bits per heavy atom. The van der Waals surface area contributed by atoms with Gasteiger partial charge in [0, 0.05) is 20.0 Å². The van der Waals surface area contributed by atoms with Crippen LogP contribution in [0.1, 0.15) is 181 Å². The lowest BCUT2D eigenvalue weighted by atomic mass is 10.1. The molecule has 0 rings (SSSR count). The summed E-state index contributed by atoms with van der Waals surface area (Å²) in [5.41, 5.74) is 0. The number of hydrogen-bond donors (Lipinski definition) is 1. The van der Waals surface area contributed by atoms with E-state index < -0.39 is 26.5 Å². The molecule has 0 aliphatic carbocycles. The minimum Gasteiger partial charge on any atom is -0.462 e. The largest absolute Gasteiger partial charge is 0.472 e. The molecule has 296 valence electrons. The second kappa shape index (κ2) is 37.8. The third-order valence-corrected chi connectivity index (χ3v) is 9.48. The van der Waals surface area contributed by atoms with Crippen molar-refractivity contribution >= 4 is 19.8 Å². The molecular formula is C42H75O8P. The molecule has 9 heteroatoms. The van der Waals surface area contributed by atoms with Crippen molar-refractivity contribution in [1.29, 1.82) is 0 Å². The molecule has 0 radical (unpaired) electrons. The molecule has 0 saturated carbocycles. The van der Waals surface area contributed by atoms with Gasteiger partial charge in [0.15, 0.2) is 6.10 Å². The molecule has 0 aromatic carbocycles. The first kappa shape index (κ1) is 49.0. The third kappa shape index (κ3) is 37.6. The molecule has 0 aromatic heterocycles. The Morgan fingerprint density at radius 1 is 0.549 bits per heavy atom. The van der Waals surface area contributed by atoms with Crippen molar-refractivity contribution in [2.75, 3.05) is 20.3 Å². The molecule has 0 spiro atoms. The highest BCUT2D eigenvalue weighted by Gasteiger charge is 2.24. The standard InChI is InChI=1S/C42H75O8P/c1-4-6-8-10-12-14-16-18-19-20-21-22-23-25-27-29-31-33-35-37-42(44)50-40(39-49-51(45,46)47-3)38-48-41(43)36-34-32-30-28-26-24-17-15-13-11-9-7-5-2/h12,14-15,17-19,21-22,40H,4-11,13,16,20,23-39H2,1-3H3,(H,45,46)/b14-12-,17-15-,19-18-,22-21-. The van der Waals surface area contributed by atoms with Crippen molar-refractivity contribution in [2.45, 2.75) is 187 Å². The van der Waals surface area contributed by atoms with Gasteiger partial charge in [-0.25, -0.2) is 4.57 Å². The fraction of sp³-hybridized carbons (Fsp3) is 0.762. The first-order valence-electron chi connectivity index (χ1n) is 20.3. The molecule has 0 bridgehead atoms. The van der Waals surface area contributed by atoms with Gasteiger partial charge in [-0.3, -0.25) is 18.6 Å². The summed E-state index contributed by atoms with van der Waals surface area (Å²) in [6, 6.07) is 0. The van der Waals surface area contributed by atoms with Gasteiger partial charge in [-0.2, -0.15) is 0 Å². The zero-order valence-corrected chi connectivity index (χ0v) is 33.6. The number of phosphoric ester groups is 1. The molecule has 51 heavy (non-hydrogen) atoms. The number of unbranched alkanes of at least 4 members (excludes halogenated alkanes) is 18. The molecule has 0 aromatic rings. The second-order valence-corrected chi connectivity index (χ2v) is 15.0. The molecule has 8 nitrogen and oxygen atoms in total. The average Bonchev–Trinajstić information content (AvgIpc) is 3.12. The normalized spacial score (nSPS) is 13.9. The fourth-order valence-corrected chi connectivity index (χ4v) is 5.82. The van der Waals surface area contributed by atoms with Crippen LogP contribution in [0, 0.1) is 0 Å². The van der Waals surface area contributed by atoms with Crippen LogP contribution in [0.15, 0.2) is 48.6 Å². The van der Waals surface area contributed by atoms with Crippen LogP contribution < -0.4 is 0 Å². The van der Waals surface area contributed by atoms with Crippen molar-refractivity contribution in [2.24, 2.45) is 0 Å². The van der Waals surface area contributed by atoms with E-state index in [4.69, 9.17) is 14.0 Å². The zero-order valence-electron chi connectivity index (χ0n) is 32.7. The molecule has 2 atom stereocenters. The summed E-state index contributed by atoms with van der Waals surface area (Å²) in [4.78, 5) is 34.4. The Balaban J connectivity index is 4.07. The van der Waals surface area contributed by atoms with E-state index in [1.54, 1.807) is 0 Å². The molecular weight excluding hydrogens is 663 g/mol. The fourth-order valence-electron chi connectivity index (χ4n) is 5.36. The van der Waals surface area contributed by atoms with Gasteiger partial charge < -0.3 is 14.4 Å². The lowest BCUT2D eigenvalue weighted by Crippen LogP contribution is -2.29. The maximum atomic E-state index is 12.5. The highest BCUT2D eigenvalue weighted by molar-refractivity contribution is 7.47. The number of allylic oxidation sites excluding steroid dienone is 8. The molecule has 0 saturated heterocycles. The van der Waals surface area contributed by atoms with E-state index >= 15 is 0 Å². The first-order valence-corrected chi connectivity index (χ1v) is 21.8. The SMILES string of the molecule is CCCCC/C=C\C/C=C\C/C=C\CCCCCCCCC(=O)OC(COC(=O)CCCCCCC/C=C\CCCCCC)COP(=O)(O)OC. The predicted octanol–water partition coefficient (Wildman–Crippen LogP) is 12.6. The number of rotatable bonds is 37. The highest BCUT2D eigenvalue weighted by Crippen LogP contribution is 2.42. The number of carbonyl (C=O) groups is 2. The minimum absolute atomic E-state index is 0.227. The van der Waals surface area contributed by atoms with Crippen LogP contribution in [0.25, 0.3) is 0 Å². The Labute approximate surface area is 312 Å². The Morgan fingerprint density at radius 3 is 1.45 bits per heavy atom. The number of esters is 2. The van der Waals surface area contributed by atoms with E-state index in [1.807, 2.05) is 0 Å². The third-order valence-electron chi connectivity index (χ3n) is 8.55. The van der Waals surface area contributed by atoms with Gasteiger partial charge in [-0.05, 0) is 77.0 Å². The quantitative estimate of drug-likeness (QED) is 0.0290. The van der Waals surface area contributed by atoms with Crippen LogP contribution in [0.4, 0.5) is 0 Å². The Bertz CT molecular complexity index is 974. The van der Waals surface area contributed by atoms with Gasteiger partial charge in [-0.1, -0.05) is 140 Å². The Hall–Kier alpha value is -1.99. The van der Waals surface area contributed by atoms with Crippen molar-refractivity contribution in [3.05, 3.63) is 48.6 Å². The van der Waals surface area contributed by atoms with Crippen molar-refractivity contribution in [3.8, 4) is 0 Å². The van der Waals surface area contributed by atoms with E-state index in [1.165, 1.54) is 57.8 Å². The van der Waals surface area contributed by atoms with Gasteiger partial charge in [0.1, 0.15) is 6.61 Å². The summed E-state index contributed by atoms with van der Waals surface area (Å²) in [6.07, 6.45) is 44.4. The predicted molar refractivity (Wildman–Crippen MR) is 212 cm³/mol. The van der Waals surface area contributed by atoms with E-state index in [-0.39, 0.29) is 25.4 Å². The number of ether oxygens (including phenoxy) is 2. The molecule has 0 heterocycles. The summed E-state index contributed by atoms with van der Waals surface area (Å²) < 4.78 is 31.9. The van der Waals surface area contributed by atoms with Gasteiger partial charge in [0.2, 0.25) is 0 Å². The molecule has 0 aliphatic rings. The van der Waals surface area contributed by atoms with Crippen LogP contribution in [-0.2, 0) is 32.7 Å². The number of hydrogen-bond acceptors (Lipinski definition) is 7. The Kier molecular flexibility index (Phi) is 36.3. The van der Waals surface area contributed by atoms with E-state index in [0.717, 1.165) is 97.0 Å². The maximum Gasteiger partial charge on any atom is 0.472 e. The van der Waals surface area contributed by atoms with Crippen LogP contribution in [0.2, 0.25) is 0 Å². The van der Waals surface area contributed by atoms with Gasteiger partial charge in [-0.15, -0.1) is 0 Å². The second-order valence-electron chi connectivity index (χ2n) is 13.4. The molecule has 1 N–H and O–H groups in total. The molecule has 0 amide bonds. The summed E-state index contributed by atoms with van der Waals surface area (Å²) in [5, 5.41) is 0. The summed E-state index contributed by atoms with van der Waals surface area (Å²) in [5.74, 6) is -0.830. The van der Waals surface area contributed by atoms with Crippen LogP contribution in [-0.4, -0.2) is 43.3 Å². The summed E-state index contributed by atoms with van der Waals surface area (Å²) in [6.45, 7) is 3.82. The van der Waals surface area contributed by atoms with Gasteiger partial charge in [0.05, 0.1) is 6.61 Å². The van der Waals surface area contributed by atoms with Crippen molar-refractivity contribution in [3.63, 3.8) is 0 Å². The lowest BCUT2D eigenvalue weighted by Gasteiger charge is -2.19. The lowest BCUT2D eigenvalue weighted by molar-refractivity contribution is -0.161. The van der Waals surface area contributed by atoms with Crippen LogP contribution in [0.5, 0.6) is 0 Å². The molecule has 0 aliphatic heterocycles. The van der Waals surface area contributed by atoms with E-state index in [0.29, 0.717) is 6.42 Å². The monoisotopic (exact) mass is 739 g/mol. The smallest absolute Gasteiger partial charge is 0.462 e. The van der Waals surface area contributed by atoms with E-state index in [9.17, 15) is 19.0 Å². The first-order chi connectivity index (χ1) is 24.8. The minimum atomic E-state index is -4.26. The number of carbonyl (C=O) groups excluding carboxylic acids is 2. The topological polar surface area (TPSA) is 108 Å². The van der Waals surface area contributed by atoms with Gasteiger partial charge in [0.25, 0.3) is 0 Å².